The Bertz CT molecular complexity index is 1100. The van der Waals surface area contributed by atoms with Crippen molar-refractivity contribution in [3.63, 3.8) is 0 Å². The molecule has 0 amide bonds. The summed E-state index contributed by atoms with van der Waals surface area (Å²) in [4.78, 5) is 12.4. The van der Waals surface area contributed by atoms with E-state index in [0.717, 1.165) is 23.3 Å². The number of rotatable bonds is 10. The predicted octanol–water partition coefficient (Wildman–Crippen LogP) is 7.92. The van der Waals surface area contributed by atoms with Gasteiger partial charge in [0.25, 0.3) is 5.92 Å². The molecular weight excluding hydrogens is 488 g/mol. The first-order valence-corrected chi connectivity index (χ1v) is 13.0. The number of aldehydes is 1. The van der Waals surface area contributed by atoms with Crippen molar-refractivity contribution in [2.24, 2.45) is 5.92 Å². The van der Waals surface area contributed by atoms with E-state index in [0.29, 0.717) is 28.0 Å². The Morgan fingerprint density at radius 2 is 1.71 bits per heavy atom. The number of alkyl halides is 2. The van der Waals surface area contributed by atoms with Crippen LogP contribution in [0.2, 0.25) is 5.02 Å². The van der Waals surface area contributed by atoms with Crippen molar-refractivity contribution >= 4 is 29.8 Å². The molecule has 1 unspecified atom stereocenters. The number of carbonyl (C=O) groups excluding carboxylic acids is 1. The second-order valence-corrected chi connectivity index (χ2v) is 10.2. The zero-order valence-corrected chi connectivity index (χ0v) is 20.8. The van der Waals surface area contributed by atoms with Gasteiger partial charge < -0.3 is 9.53 Å². The van der Waals surface area contributed by atoms with Gasteiger partial charge in [0.2, 0.25) is 0 Å². The van der Waals surface area contributed by atoms with Crippen LogP contribution in [0.3, 0.4) is 0 Å². The molecule has 0 radical (unpaired) electrons. The molecule has 0 spiro atoms. The third-order valence-corrected chi connectivity index (χ3v) is 7.42. The summed E-state index contributed by atoms with van der Waals surface area (Å²) in [6.07, 6.45) is 6.52. The van der Waals surface area contributed by atoms with Crippen LogP contribution >= 0.6 is 23.5 Å². The lowest BCUT2D eigenvalue weighted by atomic mass is 9.90. The smallest absolute Gasteiger partial charge is 0.295 e. The number of hydrogen-bond acceptors (Lipinski definition) is 4. The van der Waals surface area contributed by atoms with E-state index < -0.39 is 12.0 Å². The van der Waals surface area contributed by atoms with E-state index in [4.69, 9.17) is 16.3 Å². The van der Waals surface area contributed by atoms with Gasteiger partial charge in [-0.05, 0) is 84.3 Å². The Balaban J connectivity index is 1.37. The van der Waals surface area contributed by atoms with Crippen molar-refractivity contribution in [1.29, 1.82) is 0 Å². The van der Waals surface area contributed by atoms with Crippen LogP contribution in [0.1, 0.15) is 37.7 Å². The average Bonchev–Trinajstić information content (AvgIpc) is 2.89. The SMILES string of the molecule is O=CC(NSc1ccc(OCC2CCCCC2)cc1)C(F)(F)c1cccc(-c2ccc(Cl)cc2)c1. The summed E-state index contributed by atoms with van der Waals surface area (Å²) in [7, 11) is 0. The first-order valence-electron chi connectivity index (χ1n) is 11.8. The molecule has 0 aromatic heterocycles. The van der Waals surface area contributed by atoms with Crippen molar-refractivity contribution in [2.45, 2.75) is 49.0 Å². The summed E-state index contributed by atoms with van der Waals surface area (Å²) in [6, 6.07) is 18.6. The van der Waals surface area contributed by atoms with Crippen LogP contribution in [0.4, 0.5) is 8.78 Å². The Labute approximate surface area is 214 Å². The fourth-order valence-electron chi connectivity index (χ4n) is 4.22. The van der Waals surface area contributed by atoms with Crippen molar-refractivity contribution in [1.82, 2.24) is 4.72 Å². The van der Waals surface area contributed by atoms with Gasteiger partial charge in [-0.3, -0.25) is 0 Å². The topological polar surface area (TPSA) is 38.3 Å². The van der Waals surface area contributed by atoms with Gasteiger partial charge in [0.1, 0.15) is 18.1 Å². The fourth-order valence-corrected chi connectivity index (χ4v) is 5.08. The molecule has 1 aliphatic rings. The van der Waals surface area contributed by atoms with Gasteiger partial charge in [-0.2, -0.15) is 8.78 Å². The third kappa shape index (κ3) is 6.84. The van der Waals surface area contributed by atoms with Gasteiger partial charge in [-0.25, -0.2) is 4.72 Å². The normalized spacial score (nSPS) is 15.5. The number of hydrogen-bond donors (Lipinski definition) is 1. The summed E-state index contributed by atoms with van der Waals surface area (Å²) in [5, 5.41) is 0.571. The largest absolute Gasteiger partial charge is 0.493 e. The van der Waals surface area contributed by atoms with Crippen LogP contribution in [0.15, 0.2) is 77.7 Å². The maximum atomic E-state index is 15.3. The highest BCUT2D eigenvalue weighted by molar-refractivity contribution is 7.97. The fraction of sp³-hybridized carbons (Fsp3) is 0.321. The molecule has 35 heavy (non-hydrogen) atoms. The molecule has 4 rings (SSSR count). The van der Waals surface area contributed by atoms with E-state index in [1.807, 2.05) is 12.1 Å². The summed E-state index contributed by atoms with van der Waals surface area (Å²) in [5.41, 5.74) is 1.16. The van der Waals surface area contributed by atoms with Crippen molar-refractivity contribution in [2.75, 3.05) is 6.61 Å². The highest BCUT2D eigenvalue weighted by atomic mass is 35.5. The molecule has 0 saturated heterocycles. The molecule has 1 fully saturated rings. The van der Waals surface area contributed by atoms with Crippen LogP contribution in [-0.4, -0.2) is 18.9 Å². The summed E-state index contributed by atoms with van der Waals surface area (Å²) in [5.74, 6) is -2.04. The minimum Gasteiger partial charge on any atom is -0.493 e. The Morgan fingerprint density at radius 1 is 1.00 bits per heavy atom. The van der Waals surface area contributed by atoms with Gasteiger partial charge in [-0.15, -0.1) is 0 Å². The van der Waals surface area contributed by atoms with Crippen LogP contribution in [0.5, 0.6) is 5.75 Å². The molecule has 1 saturated carbocycles. The van der Waals surface area contributed by atoms with Crippen molar-refractivity contribution in [3.05, 3.63) is 83.4 Å². The van der Waals surface area contributed by atoms with E-state index in [9.17, 15) is 4.79 Å². The van der Waals surface area contributed by atoms with Gasteiger partial charge in [0, 0.05) is 15.5 Å². The molecule has 1 N–H and O–H groups in total. The van der Waals surface area contributed by atoms with E-state index in [1.54, 1.807) is 48.5 Å². The monoisotopic (exact) mass is 515 g/mol. The third-order valence-electron chi connectivity index (χ3n) is 6.29. The number of halogens is 3. The minimum absolute atomic E-state index is 0.235. The molecule has 3 aromatic rings. The number of carbonyl (C=O) groups is 1. The minimum atomic E-state index is -3.40. The zero-order chi connectivity index (χ0) is 24.7. The maximum absolute atomic E-state index is 15.3. The summed E-state index contributed by atoms with van der Waals surface area (Å²) < 4.78 is 39.1. The second kappa shape index (κ2) is 12.0. The molecule has 1 atom stereocenters. The molecule has 0 bridgehead atoms. The lowest BCUT2D eigenvalue weighted by molar-refractivity contribution is -0.119. The number of benzene rings is 3. The first kappa shape index (κ1) is 25.7. The van der Waals surface area contributed by atoms with Gasteiger partial charge >= 0.3 is 0 Å². The van der Waals surface area contributed by atoms with E-state index in [2.05, 4.69) is 4.72 Å². The van der Waals surface area contributed by atoms with Crippen LogP contribution in [0.25, 0.3) is 11.1 Å². The molecular formula is C28H28ClF2NO2S. The molecule has 3 aromatic carbocycles. The quantitative estimate of drug-likeness (QED) is 0.220. The number of nitrogens with one attached hydrogen (secondary N) is 1. The molecule has 0 heterocycles. The van der Waals surface area contributed by atoms with Crippen LogP contribution < -0.4 is 9.46 Å². The summed E-state index contributed by atoms with van der Waals surface area (Å²) in [6.45, 7) is 0.708. The van der Waals surface area contributed by atoms with Crippen molar-refractivity contribution in [3.8, 4) is 16.9 Å². The average molecular weight is 516 g/mol. The molecule has 3 nitrogen and oxygen atoms in total. The Morgan fingerprint density at radius 3 is 2.40 bits per heavy atom. The lowest BCUT2D eigenvalue weighted by Crippen LogP contribution is -2.41. The molecule has 184 valence electrons. The van der Waals surface area contributed by atoms with E-state index in [-0.39, 0.29) is 11.8 Å². The molecule has 0 aliphatic heterocycles. The standard InChI is InChI=1S/C28H28ClF2NO2S/c29-24-11-9-21(10-12-24)22-7-4-8-23(17-22)28(30,31)27(18-33)32-35-26-15-13-25(14-16-26)34-19-20-5-2-1-3-6-20/h4,7-18,20,27,32H,1-3,5-6,19H2. The lowest BCUT2D eigenvalue weighted by Gasteiger charge is -2.24. The highest BCUT2D eigenvalue weighted by Crippen LogP contribution is 2.35. The van der Waals surface area contributed by atoms with E-state index >= 15 is 8.78 Å². The van der Waals surface area contributed by atoms with Crippen LogP contribution in [0, 0.1) is 5.92 Å². The van der Waals surface area contributed by atoms with Gasteiger partial charge in [0.15, 0.2) is 0 Å². The van der Waals surface area contributed by atoms with Crippen LogP contribution in [-0.2, 0) is 10.7 Å². The maximum Gasteiger partial charge on any atom is 0.295 e. The molecule has 7 heteroatoms. The van der Waals surface area contributed by atoms with E-state index in [1.165, 1.54) is 44.2 Å². The first-order chi connectivity index (χ1) is 17.0. The van der Waals surface area contributed by atoms with Gasteiger partial charge in [0.05, 0.1) is 6.61 Å². The zero-order valence-electron chi connectivity index (χ0n) is 19.3. The molecule has 1 aliphatic carbocycles. The summed E-state index contributed by atoms with van der Waals surface area (Å²) >= 11 is 6.93. The van der Waals surface area contributed by atoms with Gasteiger partial charge in [-0.1, -0.05) is 61.2 Å². The highest BCUT2D eigenvalue weighted by Gasteiger charge is 2.41. The van der Waals surface area contributed by atoms with Crippen molar-refractivity contribution < 1.29 is 18.3 Å². The Hall–Kier alpha value is -2.41. The number of ether oxygens (including phenoxy) is 1. The Kier molecular flexibility index (Phi) is 8.82. The predicted molar refractivity (Wildman–Crippen MR) is 138 cm³/mol. The second-order valence-electron chi connectivity index (χ2n) is 8.83.